The van der Waals surface area contributed by atoms with E-state index in [0.717, 1.165) is 34.3 Å². The molecule has 5 nitrogen and oxygen atoms in total. The van der Waals surface area contributed by atoms with E-state index in [-0.39, 0.29) is 12.4 Å². The lowest BCUT2D eigenvalue weighted by Gasteiger charge is -2.13. The van der Waals surface area contributed by atoms with Crippen LogP contribution in [0.2, 0.25) is 0 Å². The van der Waals surface area contributed by atoms with Crippen molar-refractivity contribution in [3.05, 3.63) is 71.8 Å². The molecule has 0 fully saturated rings. The van der Waals surface area contributed by atoms with Crippen molar-refractivity contribution in [2.24, 2.45) is 0 Å². The summed E-state index contributed by atoms with van der Waals surface area (Å²) in [5.74, 6) is 1.83. The van der Waals surface area contributed by atoms with E-state index >= 15 is 0 Å². The Bertz CT molecular complexity index is 1030. The minimum atomic E-state index is -0.150. The fourth-order valence-electron chi connectivity index (χ4n) is 3.80. The molecular weight excluding hydrogens is 356 g/mol. The third-order valence-electron chi connectivity index (χ3n) is 5.19. The summed E-state index contributed by atoms with van der Waals surface area (Å²) in [6.07, 6.45) is -0.0838. The van der Waals surface area contributed by atoms with Crippen molar-refractivity contribution in [2.45, 2.75) is 17.3 Å². The molecule has 1 unspecified atom stereocenters. The van der Waals surface area contributed by atoms with Gasteiger partial charge in [-0.15, -0.1) is 11.8 Å². The van der Waals surface area contributed by atoms with Crippen LogP contribution < -0.4 is 26.0 Å². The number of rotatable bonds is 2. The molecular formula is C21H18N4OS. The van der Waals surface area contributed by atoms with Crippen molar-refractivity contribution >= 4 is 34.5 Å². The Balaban J connectivity index is 1.25. The third-order valence-corrected chi connectivity index (χ3v) is 6.13. The topological polar surface area (TPSA) is 57.3 Å². The highest BCUT2D eigenvalue weighted by atomic mass is 32.2. The van der Waals surface area contributed by atoms with Crippen molar-refractivity contribution in [2.75, 3.05) is 27.1 Å². The molecule has 0 saturated heterocycles. The summed E-state index contributed by atoms with van der Waals surface area (Å²) in [6, 6.07) is 21.1. The number of fused-ring (bicyclic) bond motifs is 3. The first-order chi connectivity index (χ1) is 13.3. The van der Waals surface area contributed by atoms with Gasteiger partial charge in [0.15, 0.2) is 6.23 Å². The van der Waals surface area contributed by atoms with Gasteiger partial charge >= 0.3 is 0 Å². The van der Waals surface area contributed by atoms with Crippen LogP contribution in [0.4, 0.5) is 22.7 Å². The van der Waals surface area contributed by atoms with Crippen molar-refractivity contribution < 1.29 is 4.74 Å². The molecule has 134 valence electrons. The molecule has 0 spiro atoms. The monoisotopic (exact) mass is 374 g/mol. The van der Waals surface area contributed by atoms with Crippen LogP contribution in [0.25, 0.3) is 0 Å². The summed E-state index contributed by atoms with van der Waals surface area (Å²) < 4.78 is 6.15. The van der Waals surface area contributed by atoms with Gasteiger partial charge in [0.2, 0.25) is 0 Å². The number of hydrogen-bond donors (Lipinski definition) is 4. The fraction of sp³-hybridized carbons (Fsp3) is 0.143. The average Bonchev–Trinajstić information content (AvgIpc) is 3.42. The number of thioether (sulfide) groups is 1. The largest absolute Gasteiger partial charge is 0.464 e. The number of anilines is 4. The molecule has 0 aromatic heterocycles. The van der Waals surface area contributed by atoms with Crippen LogP contribution in [-0.2, 0) is 0 Å². The van der Waals surface area contributed by atoms with Crippen LogP contribution in [-0.4, -0.2) is 5.88 Å². The van der Waals surface area contributed by atoms with E-state index in [0.29, 0.717) is 0 Å². The summed E-state index contributed by atoms with van der Waals surface area (Å²) >= 11 is 1.83. The van der Waals surface area contributed by atoms with Gasteiger partial charge < -0.3 is 26.0 Å². The molecule has 3 aliphatic heterocycles. The summed E-state index contributed by atoms with van der Waals surface area (Å²) in [5, 5.41) is 13.9. The summed E-state index contributed by atoms with van der Waals surface area (Å²) in [6.45, 7) is 0. The van der Waals surface area contributed by atoms with Gasteiger partial charge in [-0.05, 0) is 42.0 Å². The molecule has 0 radical (unpaired) electrons. The number of ether oxygens (including phenoxy) is 1. The molecule has 3 aliphatic rings. The second-order valence-electron chi connectivity index (χ2n) is 6.89. The Hall–Kier alpha value is -2.99. The van der Waals surface area contributed by atoms with Gasteiger partial charge in [-0.2, -0.15) is 0 Å². The number of hydrogen-bond acceptors (Lipinski definition) is 6. The maximum absolute atomic E-state index is 6.15. The average molecular weight is 374 g/mol. The number of nitrogens with one attached hydrogen (secondary N) is 4. The van der Waals surface area contributed by atoms with Crippen LogP contribution >= 0.6 is 11.8 Å². The first kappa shape index (κ1) is 15.1. The zero-order valence-corrected chi connectivity index (χ0v) is 15.3. The van der Waals surface area contributed by atoms with Gasteiger partial charge in [-0.25, -0.2) is 0 Å². The Morgan fingerprint density at radius 3 is 2.44 bits per heavy atom. The molecule has 3 aromatic rings. The predicted molar refractivity (Wildman–Crippen MR) is 111 cm³/mol. The van der Waals surface area contributed by atoms with E-state index in [2.05, 4.69) is 63.7 Å². The lowest BCUT2D eigenvalue weighted by Crippen LogP contribution is -2.12. The smallest absolute Gasteiger partial charge is 0.196 e. The normalized spacial score (nSPS) is 19.0. The van der Waals surface area contributed by atoms with Gasteiger partial charge in [0.05, 0.1) is 22.9 Å². The van der Waals surface area contributed by atoms with Gasteiger partial charge in [0, 0.05) is 16.1 Å². The maximum Gasteiger partial charge on any atom is 0.196 e. The highest BCUT2D eigenvalue weighted by molar-refractivity contribution is 7.99. The SMILES string of the molecule is c1ccc2c(c1)NC(c1ccc3c(c1)NC(c1ccc4c(c1)SCN4)O3)N2. The van der Waals surface area contributed by atoms with Crippen molar-refractivity contribution in [3.8, 4) is 5.75 Å². The lowest BCUT2D eigenvalue weighted by atomic mass is 10.1. The summed E-state index contributed by atoms with van der Waals surface area (Å²) in [7, 11) is 0. The van der Waals surface area contributed by atoms with Crippen LogP contribution in [0.3, 0.4) is 0 Å². The minimum absolute atomic E-state index is 0.0658. The molecule has 1 atom stereocenters. The number of para-hydroxylation sites is 2. The zero-order chi connectivity index (χ0) is 17.8. The molecule has 0 amide bonds. The molecule has 3 aromatic carbocycles. The first-order valence-electron chi connectivity index (χ1n) is 9.03. The van der Waals surface area contributed by atoms with Crippen molar-refractivity contribution in [1.82, 2.24) is 0 Å². The summed E-state index contributed by atoms with van der Waals surface area (Å²) in [4.78, 5) is 1.28. The van der Waals surface area contributed by atoms with E-state index in [1.807, 2.05) is 30.0 Å². The van der Waals surface area contributed by atoms with E-state index in [4.69, 9.17) is 4.74 Å². The standard InChI is InChI=1S/C21H18N4OS/c1-2-4-15-14(3-1)23-20(24-15)12-6-8-18-17(9-12)25-21(26-18)13-5-7-16-19(10-13)27-11-22-16/h1-10,20-25H,11H2. The van der Waals surface area contributed by atoms with Crippen LogP contribution in [0, 0.1) is 0 Å². The quantitative estimate of drug-likeness (QED) is 0.495. The molecule has 6 rings (SSSR count). The first-order valence-corrected chi connectivity index (χ1v) is 10.0. The van der Waals surface area contributed by atoms with Crippen LogP contribution in [0.15, 0.2) is 65.6 Å². The minimum Gasteiger partial charge on any atom is -0.464 e. The highest BCUT2D eigenvalue weighted by Crippen LogP contribution is 2.43. The Morgan fingerprint density at radius 2 is 1.59 bits per heavy atom. The van der Waals surface area contributed by atoms with E-state index in [9.17, 15) is 0 Å². The second-order valence-corrected chi connectivity index (χ2v) is 7.90. The van der Waals surface area contributed by atoms with Gasteiger partial charge in [0.1, 0.15) is 11.9 Å². The van der Waals surface area contributed by atoms with Gasteiger partial charge in [-0.3, -0.25) is 0 Å². The van der Waals surface area contributed by atoms with Crippen molar-refractivity contribution in [3.63, 3.8) is 0 Å². The van der Waals surface area contributed by atoms with Crippen molar-refractivity contribution in [1.29, 1.82) is 0 Å². The Kier molecular flexibility index (Phi) is 3.22. The molecule has 0 aliphatic carbocycles. The zero-order valence-electron chi connectivity index (χ0n) is 14.5. The predicted octanol–water partition coefficient (Wildman–Crippen LogP) is 5.20. The van der Waals surface area contributed by atoms with E-state index in [1.165, 1.54) is 16.1 Å². The number of benzene rings is 3. The highest BCUT2D eigenvalue weighted by Gasteiger charge is 2.27. The molecule has 27 heavy (non-hydrogen) atoms. The second kappa shape index (κ2) is 5.76. The Labute approximate surface area is 161 Å². The molecule has 4 N–H and O–H groups in total. The maximum atomic E-state index is 6.15. The van der Waals surface area contributed by atoms with Gasteiger partial charge in [0.25, 0.3) is 0 Å². The van der Waals surface area contributed by atoms with Crippen LogP contribution in [0.1, 0.15) is 23.5 Å². The van der Waals surface area contributed by atoms with Gasteiger partial charge in [-0.1, -0.05) is 24.3 Å². The fourth-order valence-corrected chi connectivity index (χ4v) is 4.70. The van der Waals surface area contributed by atoms with Crippen LogP contribution in [0.5, 0.6) is 5.75 Å². The van der Waals surface area contributed by atoms with E-state index < -0.39 is 0 Å². The Morgan fingerprint density at radius 1 is 0.778 bits per heavy atom. The summed E-state index contributed by atoms with van der Waals surface area (Å²) in [5.41, 5.74) is 6.83. The molecule has 0 bridgehead atoms. The molecule has 3 heterocycles. The lowest BCUT2D eigenvalue weighted by molar-refractivity contribution is 0.259. The third kappa shape index (κ3) is 2.48. The molecule has 0 saturated carbocycles. The van der Waals surface area contributed by atoms with E-state index in [1.54, 1.807) is 0 Å². The molecule has 6 heteroatoms.